The zero-order chi connectivity index (χ0) is 8.48. The van der Waals surface area contributed by atoms with Crippen molar-refractivity contribution in [3.05, 3.63) is 29.0 Å². The molecule has 4 heteroatoms. The molecule has 0 unspecified atom stereocenters. The number of alkyl halides is 2. The highest BCUT2D eigenvalue weighted by atomic mass is 35.5. The molecule has 11 heavy (non-hydrogen) atoms. The van der Waals surface area contributed by atoms with Gasteiger partial charge < -0.3 is 0 Å². The van der Waals surface area contributed by atoms with Crippen LogP contribution in [-0.4, -0.2) is 4.98 Å². The molecule has 0 saturated heterocycles. The van der Waals surface area contributed by atoms with Crippen LogP contribution in [0.15, 0.2) is 18.3 Å². The molecule has 1 aromatic heterocycles. The molecule has 0 aromatic carbocycles. The molecule has 0 bridgehead atoms. The Morgan fingerprint density at radius 2 is 2.18 bits per heavy atom. The highest BCUT2D eigenvalue weighted by molar-refractivity contribution is 6.30. The molecule has 1 nitrogen and oxygen atoms in total. The summed E-state index contributed by atoms with van der Waals surface area (Å²) in [5.41, 5.74) is -0.235. The van der Waals surface area contributed by atoms with Gasteiger partial charge in [-0.15, -0.1) is 0 Å². The van der Waals surface area contributed by atoms with Crippen molar-refractivity contribution in [3.8, 4) is 0 Å². The second-order valence-electron chi connectivity index (χ2n) is 2.23. The first-order chi connectivity index (χ1) is 5.02. The number of nitrogens with zero attached hydrogens (tertiary/aromatic N) is 1. The van der Waals surface area contributed by atoms with Crippen molar-refractivity contribution in [2.24, 2.45) is 0 Å². The summed E-state index contributed by atoms with van der Waals surface area (Å²) < 4.78 is 25.2. The maximum Gasteiger partial charge on any atom is 0.273 e. The number of hydrogen-bond acceptors (Lipinski definition) is 1. The van der Waals surface area contributed by atoms with Crippen molar-refractivity contribution in [3.63, 3.8) is 0 Å². The molecule has 1 aromatic rings. The highest BCUT2D eigenvalue weighted by Gasteiger charge is 2.27. The fourth-order valence-electron chi connectivity index (χ4n) is 0.713. The van der Waals surface area contributed by atoms with Gasteiger partial charge in [-0.25, -0.2) is 13.8 Å². The smallest absolute Gasteiger partial charge is 0.244 e. The highest BCUT2D eigenvalue weighted by Crippen LogP contribution is 2.30. The molecule has 0 fully saturated rings. The Morgan fingerprint density at radius 3 is 2.55 bits per heavy atom. The van der Waals surface area contributed by atoms with E-state index in [1.165, 1.54) is 18.3 Å². The maximum atomic E-state index is 12.6. The van der Waals surface area contributed by atoms with Crippen molar-refractivity contribution in [2.45, 2.75) is 12.8 Å². The summed E-state index contributed by atoms with van der Waals surface area (Å²) >= 11 is 5.42. The minimum Gasteiger partial charge on any atom is -0.244 e. The fourth-order valence-corrected chi connectivity index (χ4v) is 0.999. The average Bonchev–Trinajstić information content (AvgIpc) is 1.86. The molecule has 0 radical (unpaired) electrons. The van der Waals surface area contributed by atoms with E-state index in [9.17, 15) is 8.78 Å². The summed E-state index contributed by atoms with van der Waals surface area (Å²) in [7, 11) is 0. The maximum absolute atomic E-state index is 12.6. The number of rotatable bonds is 1. The first-order valence-electron chi connectivity index (χ1n) is 3.00. The Labute approximate surface area is 68.0 Å². The van der Waals surface area contributed by atoms with E-state index >= 15 is 0 Å². The first-order valence-corrected chi connectivity index (χ1v) is 3.38. The third kappa shape index (κ3) is 1.87. The van der Waals surface area contributed by atoms with E-state index in [1.807, 2.05) is 0 Å². The second kappa shape index (κ2) is 2.74. The van der Waals surface area contributed by atoms with Crippen LogP contribution in [0.4, 0.5) is 8.78 Å². The van der Waals surface area contributed by atoms with Gasteiger partial charge in [-0.3, -0.25) is 0 Å². The van der Waals surface area contributed by atoms with Gasteiger partial charge in [0.1, 0.15) is 5.15 Å². The molecule has 0 N–H and O–H groups in total. The van der Waals surface area contributed by atoms with Gasteiger partial charge in [0.2, 0.25) is 0 Å². The molecule has 0 atom stereocenters. The summed E-state index contributed by atoms with van der Waals surface area (Å²) in [6.07, 6.45) is 1.37. The van der Waals surface area contributed by atoms with Crippen LogP contribution in [0.1, 0.15) is 12.5 Å². The number of pyridine rings is 1. The van der Waals surface area contributed by atoms with Crippen molar-refractivity contribution in [1.29, 1.82) is 0 Å². The molecule has 60 valence electrons. The topological polar surface area (TPSA) is 12.9 Å². The number of aromatic nitrogens is 1. The molecule has 0 amide bonds. The SMILES string of the molecule is CC(F)(F)c1cccnc1Cl. The Hall–Kier alpha value is -0.700. The predicted molar refractivity (Wildman–Crippen MR) is 38.8 cm³/mol. The van der Waals surface area contributed by atoms with Crippen LogP contribution >= 0.6 is 11.6 Å². The quantitative estimate of drug-likeness (QED) is 0.601. The van der Waals surface area contributed by atoms with E-state index in [2.05, 4.69) is 4.98 Å². The van der Waals surface area contributed by atoms with Gasteiger partial charge in [-0.05, 0) is 12.1 Å². The van der Waals surface area contributed by atoms with Crippen molar-refractivity contribution in [2.75, 3.05) is 0 Å². The zero-order valence-electron chi connectivity index (χ0n) is 5.81. The Morgan fingerprint density at radius 1 is 1.55 bits per heavy atom. The predicted octanol–water partition coefficient (Wildman–Crippen LogP) is 2.85. The van der Waals surface area contributed by atoms with Crippen LogP contribution in [0.2, 0.25) is 5.15 Å². The second-order valence-corrected chi connectivity index (χ2v) is 2.59. The van der Waals surface area contributed by atoms with E-state index in [4.69, 9.17) is 11.6 Å². The van der Waals surface area contributed by atoms with E-state index in [1.54, 1.807) is 0 Å². The summed E-state index contributed by atoms with van der Waals surface area (Å²) in [5, 5.41) is -0.139. The van der Waals surface area contributed by atoms with E-state index < -0.39 is 5.92 Å². The summed E-state index contributed by atoms with van der Waals surface area (Å²) in [5.74, 6) is -2.91. The monoisotopic (exact) mass is 177 g/mol. The van der Waals surface area contributed by atoms with Gasteiger partial charge in [0.15, 0.2) is 0 Å². The minimum atomic E-state index is -2.91. The average molecular weight is 178 g/mol. The first kappa shape index (κ1) is 8.40. The van der Waals surface area contributed by atoms with E-state index in [0.717, 1.165) is 6.92 Å². The largest absolute Gasteiger partial charge is 0.273 e. The minimum absolute atomic E-state index is 0.139. The standard InChI is InChI=1S/C7H6ClF2N/c1-7(9,10)5-3-2-4-11-6(5)8/h2-4H,1H3. The van der Waals surface area contributed by atoms with Gasteiger partial charge in [0.25, 0.3) is 5.92 Å². The van der Waals surface area contributed by atoms with Crippen molar-refractivity contribution >= 4 is 11.6 Å². The van der Waals surface area contributed by atoms with Crippen LogP contribution in [-0.2, 0) is 5.92 Å². The van der Waals surface area contributed by atoms with Crippen molar-refractivity contribution < 1.29 is 8.78 Å². The molecule has 0 saturated carbocycles. The van der Waals surface area contributed by atoms with Gasteiger partial charge in [-0.2, -0.15) is 0 Å². The molecule has 0 aliphatic rings. The molecule has 1 rings (SSSR count). The summed E-state index contributed by atoms with van der Waals surface area (Å²) in [4.78, 5) is 3.53. The normalized spacial score (nSPS) is 11.6. The van der Waals surface area contributed by atoms with Gasteiger partial charge in [0.05, 0.1) is 5.56 Å². The number of hydrogen-bond donors (Lipinski definition) is 0. The van der Waals surface area contributed by atoms with Crippen LogP contribution in [0, 0.1) is 0 Å². The Balaban J connectivity index is 3.14. The molecular weight excluding hydrogens is 172 g/mol. The van der Waals surface area contributed by atoms with Gasteiger partial charge >= 0.3 is 0 Å². The van der Waals surface area contributed by atoms with E-state index in [-0.39, 0.29) is 10.7 Å². The summed E-state index contributed by atoms with van der Waals surface area (Å²) in [6.45, 7) is 0.788. The Kier molecular flexibility index (Phi) is 2.09. The molecule has 0 aliphatic carbocycles. The molecular formula is C7H6ClF2N. The van der Waals surface area contributed by atoms with Crippen LogP contribution in [0.5, 0.6) is 0 Å². The summed E-state index contributed by atoms with van der Waals surface area (Å²) in [6, 6.07) is 2.69. The molecule has 0 spiro atoms. The Bertz CT molecular complexity index is 257. The lowest BCUT2D eigenvalue weighted by molar-refractivity contribution is 0.0172. The van der Waals surface area contributed by atoms with Gasteiger partial charge in [-0.1, -0.05) is 11.6 Å². The third-order valence-electron chi connectivity index (χ3n) is 1.23. The van der Waals surface area contributed by atoms with Gasteiger partial charge in [0, 0.05) is 13.1 Å². The molecule has 0 aliphatic heterocycles. The van der Waals surface area contributed by atoms with E-state index in [0.29, 0.717) is 0 Å². The zero-order valence-corrected chi connectivity index (χ0v) is 6.57. The van der Waals surface area contributed by atoms with Crippen LogP contribution in [0.25, 0.3) is 0 Å². The molecule has 1 heterocycles. The van der Waals surface area contributed by atoms with Crippen LogP contribution < -0.4 is 0 Å². The van der Waals surface area contributed by atoms with Crippen LogP contribution in [0.3, 0.4) is 0 Å². The lowest BCUT2D eigenvalue weighted by Gasteiger charge is -2.10. The lowest BCUT2D eigenvalue weighted by atomic mass is 10.2. The van der Waals surface area contributed by atoms with Crippen molar-refractivity contribution in [1.82, 2.24) is 4.98 Å². The number of halogens is 3. The lowest BCUT2D eigenvalue weighted by Crippen LogP contribution is -2.08. The third-order valence-corrected chi connectivity index (χ3v) is 1.53. The fraction of sp³-hybridized carbons (Fsp3) is 0.286.